The molecular formula is C13H15BrFN3O. The second-order valence-electron chi connectivity index (χ2n) is 5.75. The average molecular weight is 328 g/mol. The number of halogens is 2. The van der Waals surface area contributed by atoms with Crippen LogP contribution in [-0.2, 0) is 4.79 Å². The number of aryl methyl sites for hydroxylation is 1. The Balaban J connectivity index is 1.72. The molecule has 1 aromatic rings. The van der Waals surface area contributed by atoms with Crippen LogP contribution in [0.15, 0.2) is 10.7 Å². The number of fused-ring (bicyclic) bond motifs is 1. The van der Waals surface area contributed by atoms with Gasteiger partial charge in [0.05, 0.1) is 6.04 Å². The number of anilines is 1. The van der Waals surface area contributed by atoms with E-state index < -0.39 is 5.82 Å². The van der Waals surface area contributed by atoms with Crippen molar-refractivity contribution in [3.8, 4) is 0 Å². The van der Waals surface area contributed by atoms with Crippen molar-refractivity contribution in [2.45, 2.75) is 38.8 Å². The zero-order chi connectivity index (χ0) is 13.8. The molecule has 1 saturated carbocycles. The molecular weight excluding hydrogens is 313 g/mol. The van der Waals surface area contributed by atoms with Gasteiger partial charge in [0, 0.05) is 6.04 Å². The molecule has 2 heterocycles. The molecule has 2 aliphatic rings. The Hall–Kier alpha value is -1.01. The molecule has 0 aromatic carbocycles. The molecule has 1 aliphatic heterocycles. The smallest absolute Gasteiger partial charge is 0.242 e. The van der Waals surface area contributed by atoms with Gasteiger partial charge < -0.3 is 10.6 Å². The lowest BCUT2D eigenvalue weighted by Crippen LogP contribution is -2.38. The lowest BCUT2D eigenvalue weighted by atomic mass is 10.0. The van der Waals surface area contributed by atoms with Crippen molar-refractivity contribution in [2.75, 3.05) is 5.32 Å². The summed E-state index contributed by atoms with van der Waals surface area (Å²) in [5.74, 6) is -0.114. The van der Waals surface area contributed by atoms with E-state index in [2.05, 4.69) is 38.5 Å². The van der Waals surface area contributed by atoms with E-state index in [1.54, 1.807) is 6.92 Å². The molecule has 6 heteroatoms. The Bertz CT molecular complexity index is 565. The third-order valence-corrected chi connectivity index (χ3v) is 4.66. The monoisotopic (exact) mass is 327 g/mol. The van der Waals surface area contributed by atoms with Crippen LogP contribution in [0.4, 0.5) is 10.2 Å². The van der Waals surface area contributed by atoms with Crippen LogP contribution in [0.3, 0.4) is 0 Å². The van der Waals surface area contributed by atoms with Crippen molar-refractivity contribution in [3.05, 3.63) is 22.1 Å². The first-order valence-corrected chi connectivity index (χ1v) is 7.08. The summed E-state index contributed by atoms with van der Waals surface area (Å²) >= 11 is 3.03. The largest absolute Gasteiger partial charge is 0.309 e. The van der Waals surface area contributed by atoms with Crippen molar-refractivity contribution in [3.63, 3.8) is 0 Å². The topological polar surface area (TPSA) is 54.0 Å². The van der Waals surface area contributed by atoms with Gasteiger partial charge in [-0.05, 0) is 52.7 Å². The van der Waals surface area contributed by atoms with Crippen molar-refractivity contribution >= 4 is 27.7 Å². The number of hydrogen-bond acceptors (Lipinski definition) is 3. The van der Waals surface area contributed by atoms with Crippen LogP contribution in [0.25, 0.3) is 0 Å². The second kappa shape index (κ2) is 4.24. The lowest BCUT2D eigenvalue weighted by molar-refractivity contribution is -0.118. The predicted octanol–water partition coefficient (Wildman–Crippen LogP) is 2.37. The molecule has 4 nitrogen and oxygen atoms in total. The molecule has 19 heavy (non-hydrogen) atoms. The summed E-state index contributed by atoms with van der Waals surface area (Å²) in [4.78, 5) is 16.2. The zero-order valence-electron chi connectivity index (χ0n) is 10.8. The highest BCUT2D eigenvalue weighted by Gasteiger charge is 2.58. The van der Waals surface area contributed by atoms with Gasteiger partial charge in [-0.2, -0.15) is 0 Å². The number of pyridine rings is 1. The van der Waals surface area contributed by atoms with Crippen LogP contribution in [0.2, 0.25) is 0 Å². The van der Waals surface area contributed by atoms with E-state index in [9.17, 15) is 9.18 Å². The van der Waals surface area contributed by atoms with Crippen LogP contribution in [0, 0.1) is 18.2 Å². The van der Waals surface area contributed by atoms with Crippen molar-refractivity contribution in [1.29, 1.82) is 0 Å². The molecule has 1 saturated heterocycles. The number of hydrogen-bond donors (Lipinski definition) is 2. The first-order chi connectivity index (χ1) is 8.89. The standard InChI is InChI=1S/C13H15BrFN3O/c1-6-3-7(15)10(14)17-11(6)18-12(19)8-4-13(2)5-9(13)16-8/h3,8-9,16H,4-5H2,1-2H3,(H,17,18,19)/t8-,9?,13-/m0/s1. The van der Waals surface area contributed by atoms with E-state index in [4.69, 9.17) is 0 Å². The maximum absolute atomic E-state index is 13.3. The summed E-state index contributed by atoms with van der Waals surface area (Å²) in [6.45, 7) is 3.91. The summed E-state index contributed by atoms with van der Waals surface area (Å²) < 4.78 is 13.4. The van der Waals surface area contributed by atoms with Crippen LogP contribution in [0.5, 0.6) is 0 Å². The quantitative estimate of drug-likeness (QED) is 0.820. The second-order valence-corrected chi connectivity index (χ2v) is 6.50. The first-order valence-electron chi connectivity index (χ1n) is 6.28. The summed E-state index contributed by atoms with van der Waals surface area (Å²) in [5.41, 5.74) is 0.900. The van der Waals surface area contributed by atoms with Gasteiger partial charge in [-0.15, -0.1) is 0 Å². The summed E-state index contributed by atoms with van der Waals surface area (Å²) in [6.07, 6.45) is 2.00. The maximum Gasteiger partial charge on any atom is 0.242 e. The molecule has 1 aromatic heterocycles. The van der Waals surface area contributed by atoms with Gasteiger partial charge >= 0.3 is 0 Å². The minimum absolute atomic E-state index is 0.0949. The van der Waals surface area contributed by atoms with Crippen molar-refractivity contribution < 1.29 is 9.18 Å². The SMILES string of the molecule is Cc1cc(F)c(Br)nc1NC(=O)[C@@H]1C[C@@]2(C)CC2N1. The van der Waals surface area contributed by atoms with E-state index >= 15 is 0 Å². The number of carbonyl (C=O) groups excluding carboxylic acids is 1. The van der Waals surface area contributed by atoms with Gasteiger partial charge in [0.15, 0.2) is 5.82 Å². The number of rotatable bonds is 2. The average Bonchev–Trinajstić information content (AvgIpc) is 2.84. The minimum atomic E-state index is -0.428. The van der Waals surface area contributed by atoms with Gasteiger partial charge in [0.2, 0.25) is 5.91 Å². The van der Waals surface area contributed by atoms with Crippen molar-refractivity contribution in [2.24, 2.45) is 5.41 Å². The predicted molar refractivity (Wildman–Crippen MR) is 73.3 cm³/mol. The molecule has 0 bridgehead atoms. The third-order valence-electron chi connectivity index (χ3n) is 4.11. The molecule has 1 unspecified atom stereocenters. The molecule has 0 radical (unpaired) electrons. The Labute approximate surface area is 119 Å². The van der Waals surface area contributed by atoms with E-state index in [1.807, 2.05) is 0 Å². The number of aromatic nitrogens is 1. The lowest BCUT2D eigenvalue weighted by Gasteiger charge is -2.15. The third kappa shape index (κ3) is 2.27. The minimum Gasteiger partial charge on any atom is -0.309 e. The molecule has 1 aliphatic carbocycles. The summed E-state index contributed by atoms with van der Waals surface area (Å²) in [6, 6.07) is 1.65. The Morgan fingerprint density at radius 3 is 3.00 bits per heavy atom. The molecule has 2 fully saturated rings. The molecule has 3 rings (SSSR count). The highest BCUT2D eigenvalue weighted by Crippen LogP contribution is 2.53. The van der Waals surface area contributed by atoms with Gasteiger partial charge in [0.1, 0.15) is 10.4 Å². The molecule has 102 valence electrons. The van der Waals surface area contributed by atoms with Gasteiger partial charge in [-0.25, -0.2) is 9.37 Å². The summed E-state index contributed by atoms with van der Waals surface area (Å²) in [7, 11) is 0. The fourth-order valence-corrected chi connectivity index (χ4v) is 3.01. The molecule has 2 N–H and O–H groups in total. The van der Waals surface area contributed by atoms with E-state index in [0.717, 1.165) is 12.8 Å². The van der Waals surface area contributed by atoms with Crippen LogP contribution in [-0.4, -0.2) is 23.0 Å². The van der Waals surface area contributed by atoms with E-state index in [-0.39, 0.29) is 22.0 Å². The normalized spacial score (nSPS) is 32.0. The number of carbonyl (C=O) groups is 1. The van der Waals surface area contributed by atoms with Crippen LogP contribution < -0.4 is 10.6 Å². The number of nitrogens with one attached hydrogen (secondary N) is 2. The van der Waals surface area contributed by atoms with Gasteiger partial charge in [0.25, 0.3) is 0 Å². The van der Waals surface area contributed by atoms with Gasteiger partial charge in [-0.3, -0.25) is 4.79 Å². The number of nitrogens with zero attached hydrogens (tertiary/aromatic N) is 1. The highest BCUT2D eigenvalue weighted by molar-refractivity contribution is 9.10. The number of amides is 1. The fourth-order valence-electron chi connectivity index (χ4n) is 2.72. The maximum atomic E-state index is 13.3. The van der Waals surface area contributed by atoms with Crippen LogP contribution >= 0.6 is 15.9 Å². The van der Waals surface area contributed by atoms with E-state index in [1.165, 1.54) is 6.07 Å². The Kier molecular flexibility index (Phi) is 2.90. The van der Waals surface area contributed by atoms with E-state index in [0.29, 0.717) is 17.4 Å². The van der Waals surface area contributed by atoms with Crippen LogP contribution in [0.1, 0.15) is 25.3 Å². The Morgan fingerprint density at radius 1 is 1.63 bits per heavy atom. The molecule has 0 spiro atoms. The fraction of sp³-hybridized carbons (Fsp3) is 0.538. The van der Waals surface area contributed by atoms with Gasteiger partial charge in [-0.1, -0.05) is 6.92 Å². The molecule has 3 atom stereocenters. The highest BCUT2D eigenvalue weighted by atomic mass is 79.9. The zero-order valence-corrected chi connectivity index (χ0v) is 12.3. The molecule has 1 amide bonds. The Morgan fingerprint density at radius 2 is 2.37 bits per heavy atom. The first kappa shape index (κ1) is 13.0. The summed E-state index contributed by atoms with van der Waals surface area (Å²) in [5, 5.41) is 6.08. The van der Waals surface area contributed by atoms with Crippen molar-refractivity contribution in [1.82, 2.24) is 10.3 Å². The number of piperidine rings is 1.